The monoisotopic (exact) mass is 313 g/mol. The summed E-state index contributed by atoms with van der Waals surface area (Å²) in [6.07, 6.45) is 1.23. The number of carboxylic acids is 1. The predicted octanol–water partition coefficient (Wildman–Crippen LogP) is 1.13. The lowest BCUT2D eigenvalue weighted by Gasteiger charge is -2.32. The summed E-state index contributed by atoms with van der Waals surface area (Å²) in [4.78, 5) is 28.6. The van der Waals surface area contributed by atoms with Gasteiger partial charge in [-0.15, -0.1) is 11.3 Å². The van der Waals surface area contributed by atoms with Crippen LogP contribution < -0.4 is 5.32 Å². The number of urea groups is 1. The van der Waals surface area contributed by atoms with Gasteiger partial charge in [-0.3, -0.25) is 4.79 Å². The van der Waals surface area contributed by atoms with E-state index >= 15 is 0 Å². The highest BCUT2D eigenvalue weighted by Gasteiger charge is 2.26. The first kappa shape index (κ1) is 15.7. The van der Waals surface area contributed by atoms with Crippen LogP contribution in [0, 0.1) is 0 Å². The molecule has 2 unspecified atom stereocenters. The Hall–Kier alpha value is -1.67. The number of aliphatic carboxylic acids is 1. The van der Waals surface area contributed by atoms with Gasteiger partial charge in [0, 0.05) is 37.1 Å². The zero-order valence-electron chi connectivity index (χ0n) is 11.8. The van der Waals surface area contributed by atoms with Gasteiger partial charge in [-0.2, -0.15) is 0 Å². The first-order valence-corrected chi connectivity index (χ1v) is 7.69. The molecule has 2 amide bonds. The summed E-state index contributed by atoms with van der Waals surface area (Å²) in [7, 11) is 0. The molecule has 1 aliphatic rings. The largest absolute Gasteiger partial charge is 0.481 e. The van der Waals surface area contributed by atoms with Crippen molar-refractivity contribution in [1.29, 1.82) is 0 Å². The van der Waals surface area contributed by atoms with E-state index in [0.717, 1.165) is 5.01 Å². The minimum absolute atomic E-state index is 0.0840. The standard InChI is InChI=1S/C13H19N3O4S/c1-9(12-14-2-5-21-12)7-15-13(19)16-3-4-20-10(8-16)6-11(17)18/h2,5,9-10H,3-4,6-8H2,1H3,(H,15,19)(H,17,18). The second kappa shape index (κ2) is 7.37. The summed E-state index contributed by atoms with van der Waals surface area (Å²) in [5.41, 5.74) is 0. The van der Waals surface area contributed by atoms with Gasteiger partial charge in [-0.25, -0.2) is 9.78 Å². The second-order valence-corrected chi connectivity index (χ2v) is 5.92. The van der Waals surface area contributed by atoms with Crippen LogP contribution in [-0.4, -0.2) is 59.3 Å². The molecule has 2 rings (SSSR count). The number of hydrogen-bond acceptors (Lipinski definition) is 5. The maximum absolute atomic E-state index is 12.1. The third-order valence-electron chi connectivity index (χ3n) is 3.26. The summed E-state index contributed by atoms with van der Waals surface area (Å²) in [5.74, 6) is -0.760. The summed E-state index contributed by atoms with van der Waals surface area (Å²) < 4.78 is 5.34. The number of amides is 2. The zero-order valence-corrected chi connectivity index (χ0v) is 12.6. The molecule has 2 N–H and O–H groups in total. The van der Waals surface area contributed by atoms with Crippen LogP contribution in [0.1, 0.15) is 24.3 Å². The van der Waals surface area contributed by atoms with Crippen molar-refractivity contribution in [2.75, 3.05) is 26.2 Å². The number of nitrogens with one attached hydrogen (secondary N) is 1. The molecule has 1 saturated heterocycles. The molecule has 1 aromatic rings. The SMILES string of the molecule is CC(CNC(=O)N1CCOC(CC(=O)O)C1)c1nccs1. The first-order valence-electron chi connectivity index (χ1n) is 6.82. The molecule has 2 heterocycles. The van der Waals surface area contributed by atoms with Gasteiger partial charge in [-0.05, 0) is 0 Å². The maximum Gasteiger partial charge on any atom is 0.317 e. The number of rotatable bonds is 5. The predicted molar refractivity (Wildman–Crippen MR) is 77.5 cm³/mol. The Kier molecular flexibility index (Phi) is 5.51. The molecule has 7 nitrogen and oxygen atoms in total. The minimum Gasteiger partial charge on any atom is -0.481 e. The first-order chi connectivity index (χ1) is 10.1. The van der Waals surface area contributed by atoms with E-state index in [1.54, 1.807) is 22.4 Å². The average Bonchev–Trinajstić information content (AvgIpc) is 2.98. The number of nitrogens with zero attached hydrogens (tertiary/aromatic N) is 2. The lowest BCUT2D eigenvalue weighted by atomic mass is 10.2. The van der Waals surface area contributed by atoms with Gasteiger partial charge < -0.3 is 20.1 Å². The fourth-order valence-corrected chi connectivity index (χ4v) is 2.84. The van der Waals surface area contributed by atoms with Crippen molar-refractivity contribution in [3.8, 4) is 0 Å². The van der Waals surface area contributed by atoms with Crippen LogP contribution >= 0.6 is 11.3 Å². The van der Waals surface area contributed by atoms with Gasteiger partial charge in [0.2, 0.25) is 0 Å². The fraction of sp³-hybridized carbons (Fsp3) is 0.615. The van der Waals surface area contributed by atoms with E-state index in [-0.39, 0.29) is 18.4 Å². The van der Waals surface area contributed by atoms with Gasteiger partial charge in [0.15, 0.2) is 0 Å². The van der Waals surface area contributed by atoms with E-state index in [4.69, 9.17) is 9.84 Å². The highest BCUT2D eigenvalue weighted by molar-refractivity contribution is 7.09. The molecule has 2 atom stereocenters. The normalized spacial score (nSPS) is 20.0. The maximum atomic E-state index is 12.1. The topological polar surface area (TPSA) is 91.8 Å². The molecule has 0 saturated carbocycles. The van der Waals surface area contributed by atoms with Crippen molar-refractivity contribution in [2.24, 2.45) is 0 Å². The minimum atomic E-state index is -0.917. The van der Waals surface area contributed by atoms with E-state index in [2.05, 4.69) is 10.3 Å². The van der Waals surface area contributed by atoms with Crippen LogP contribution in [0.15, 0.2) is 11.6 Å². The lowest BCUT2D eigenvalue weighted by molar-refractivity contribution is -0.141. The smallest absolute Gasteiger partial charge is 0.317 e. The van der Waals surface area contributed by atoms with Gasteiger partial charge in [0.1, 0.15) is 0 Å². The molecule has 0 radical (unpaired) electrons. The van der Waals surface area contributed by atoms with E-state index in [9.17, 15) is 9.59 Å². The van der Waals surface area contributed by atoms with Crippen LogP contribution in [0.25, 0.3) is 0 Å². The van der Waals surface area contributed by atoms with Gasteiger partial charge in [0.25, 0.3) is 0 Å². The molecule has 116 valence electrons. The number of hydrogen-bond donors (Lipinski definition) is 2. The average molecular weight is 313 g/mol. The Morgan fingerprint density at radius 2 is 2.48 bits per heavy atom. The van der Waals surface area contributed by atoms with Crippen LogP contribution in [0.5, 0.6) is 0 Å². The van der Waals surface area contributed by atoms with Crippen molar-refractivity contribution in [3.05, 3.63) is 16.6 Å². The number of carbonyl (C=O) groups is 2. The molecular weight excluding hydrogens is 294 g/mol. The Morgan fingerprint density at radius 3 is 3.14 bits per heavy atom. The number of carboxylic acid groups (broad SMARTS) is 1. The molecule has 0 spiro atoms. The quantitative estimate of drug-likeness (QED) is 0.850. The number of thiazole rings is 1. The number of ether oxygens (including phenoxy) is 1. The Balaban J connectivity index is 1.78. The molecule has 0 bridgehead atoms. The fourth-order valence-electron chi connectivity index (χ4n) is 2.14. The molecule has 8 heteroatoms. The summed E-state index contributed by atoms with van der Waals surface area (Å²) in [5, 5.41) is 14.5. The zero-order chi connectivity index (χ0) is 15.2. The Morgan fingerprint density at radius 1 is 1.67 bits per heavy atom. The number of carbonyl (C=O) groups excluding carboxylic acids is 1. The summed E-state index contributed by atoms with van der Waals surface area (Å²) in [6.45, 7) is 3.67. The highest BCUT2D eigenvalue weighted by atomic mass is 32.1. The van der Waals surface area contributed by atoms with Crippen molar-refractivity contribution >= 4 is 23.3 Å². The highest BCUT2D eigenvalue weighted by Crippen LogP contribution is 2.16. The van der Waals surface area contributed by atoms with Crippen LogP contribution in [0.3, 0.4) is 0 Å². The molecule has 21 heavy (non-hydrogen) atoms. The van der Waals surface area contributed by atoms with Crippen LogP contribution in [0.4, 0.5) is 4.79 Å². The summed E-state index contributed by atoms with van der Waals surface area (Å²) in [6, 6.07) is -0.183. The number of morpholine rings is 1. The second-order valence-electron chi connectivity index (χ2n) is 4.99. The van der Waals surface area contributed by atoms with Gasteiger partial charge in [0.05, 0.1) is 24.1 Å². The Labute approximate surface area is 126 Å². The van der Waals surface area contributed by atoms with Crippen molar-refractivity contribution in [2.45, 2.75) is 25.4 Å². The van der Waals surface area contributed by atoms with E-state index in [1.165, 1.54) is 0 Å². The third kappa shape index (κ3) is 4.68. The van der Waals surface area contributed by atoms with E-state index < -0.39 is 12.1 Å². The molecular formula is C13H19N3O4S. The Bertz CT molecular complexity index is 480. The van der Waals surface area contributed by atoms with Crippen LogP contribution in [-0.2, 0) is 9.53 Å². The van der Waals surface area contributed by atoms with Gasteiger partial charge >= 0.3 is 12.0 Å². The van der Waals surface area contributed by atoms with Gasteiger partial charge in [-0.1, -0.05) is 6.92 Å². The molecule has 0 aromatic carbocycles. The molecule has 1 aliphatic heterocycles. The number of aromatic nitrogens is 1. The third-order valence-corrected chi connectivity index (χ3v) is 4.27. The van der Waals surface area contributed by atoms with Crippen molar-refractivity contribution in [3.63, 3.8) is 0 Å². The molecule has 1 fully saturated rings. The van der Waals surface area contributed by atoms with E-state index in [1.807, 2.05) is 12.3 Å². The van der Waals surface area contributed by atoms with Crippen LogP contribution in [0.2, 0.25) is 0 Å². The van der Waals surface area contributed by atoms with Crippen molar-refractivity contribution < 1.29 is 19.4 Å². The summed E-state index contributed by atoms with van der Waals surface area (Å²) >= 11 is 1.56. The lowest BCUT2D eigenvalue weighted by Crippen LogP contribution is -2.50. The van der Waals surface area contributed by atoms with Crippen molar-refractivity contribution in [1.82, 2.24) is 15.2 Å². The molecule has 1 aromatic heterocycles. The molecule has 0 aliphatic carbocycles. The van der Waals surface area contributed by atoms with E-state index in [0.29, 0.717) is 26.2 Å².